The van der Waals surface area contributed by atoms with E-state index in [1.807, 2.05) is 27.2 Å². The summed E-state index contributed by atoms with van der Waals surface area (Å²) >= 11 is 0. The maximum atomic E-state index is 12.9. The number of likely N-dealkylation sites (N-methyl/N-ethyl adjacent to an activating group) is 1. The first-order valence-electron chi connectivity index (χ1n) is 31.9. The van der Waals surface area contributed by atoms with Gasteiger partial charge in [-0.1, -0.05) is 288 Å². The van der Waals surface area contributed by atoms with Gasteiger partial charge in [-0.2, -0.15) is 0 Å². The molecule has 3 atom stereocenters. The van der Waals surface area contributed by atoms with Crippen LogP contribution in [0.4, 0.5) is 0 Å². The van der Waals surface area contributed by atoms with Gasteiger partial charge >= 0.3 is 7.82 Å². The van der Waals surface area contributed by atoms with Gasteiger partial charge in [0.05, 0.1) is 39.9 Å². The number of hydrogen-bond acceptors (Lipinski definition) is 5. The zero-order chi connectivity index (χ0) is 53.5. The van der Waals surface area contributed by atoms with Crippen molar-refractivity contribution in [2.24, 2.45) is 0 Å². The van der Waals surface area contributed by atoms with Crippen LogP contribution in [0.1, 0.15) is 316 Å². The summed E-state index contributed by atoms with van der Waals surface area (Å²) in [6, 6.07) is -0.859. The van der Waals surface area contributed by atoms with Crippen molar-refractivity contribution in [2.45, 2.75) is 328 Å². The van der Waals surface area contributed by atoms with E-state index in [0.29, 0.717) is 17.4 Å². The fourth-order valence-electron chi connectivity index (χ4n) is 9.59. The summed E-state index contributed by atoms with van der Waals surface area (Å²) < 4.78 is 23.6. The first-order chi connectivity index (χ1) is 35.5. The molecule has 0 aromatic carbocycles. The molecule has 432 valence electrons. The highest BCUT2D eigenvalue weighted by molar-refractivity contribution is 7.47. The van der Waals surface area contributed by atoms with Gasteiger partial charge in [-0.3, -0.25) is 13.8 Å². The minimum atomic E-state index is -4.35. The Morgan fingerprint density at radius 3 is 1.11 bits per heavy atom. The van der Waals surface area contributed by atoms with Crippen molar-refractivity contribution in [3.05, 3.63) is 36.5 Å². The monoisotopic (exact) mass is 1050 g/mol. The quantitative estimate of drug-likeness (QED) is 0.0243. The molecular weight excluding hydrogens is 924 g/mol. The van der Waals surface area contributed by atoms with E-state index in [-0.39, 0.29) is 19.1 Å². The van der Waals surface area contributed by atoms with Crippen LogP contribution in [0.25, 0.3) is 0 Å². The van der Waals surface area contributed by atoms with Crippen LogP contribution in [0.15, 0.2) is 36.5 Å². The van der Waals surface area contributed by atoms with Crippen LogP contribution in [-0.4, -0.2) is 73.4 Å². The fourth-order valence-corrected chi connectivity index (χ4v) is 10.3. The molecule has 0 bridgehead atoms. The second-order valence-corrected chi connectivity index (χ2v) is 24.6. The Hall–Kier alpha value is -1.28. The van der Waals surface area contributed by atoms with Gasteiger partial charge in [-0.05, 0) is 57.8 Å². The van der Waals surface area contributed by atoms with E-state index in [4.69, 9.17) is 9.05 Å². The number of carbonyl (C=O) groups is 1. The molecule has 0 aliphatic carbocycles. The van der Waals surface area contributed by atoms with E-state index in [1.54, 1.807) is 6.08 Å². The highest BCUT2D eigenvalue weighted by Crippen LogP contribution is 2.43. The standard InChI is InChI=1S/C64H125N2O6P/c1-6-8-10-12-14-16-18-19-20-21-22-23-24-25-26-27-28-29-30-31-32-33-34-35-36-37-38-39-40-41-42-43-44-45-46-47-48-50-52-54-56-58-64(68)65-62(61-72-73(69,70)71-60-59-66(3,4)5)63(67)57-55-53-51-49-17-15-13-11-9-7-2/h17,21-22,49,55,57,62-63,67H,6-16,18-20,23-48,50-54,56,58-61H2,1-5H3,(H-,65,68,69,70)/p+1/b22-21-,49-17+,57-55+. The molecule has 0 radical (unpaired) electrons. The zero-order valence-corrected chi connectivity index (χ0v) is 50.3. The number of nitrogens with zero attached hydrogens (tertiary/aromatic N) is 1. The highest BCUT2D eigenvalue weighted by Gasteiger charge is 2.27. The fraction of sp³-hybridized carbons (Fsp3) is 0.891. The average molecular weight is 1050 g/mol. The second-order valence-electron chi connectivity index (χ2n) is 23.1. The Kier molecular flexibility index (Phi) is 54.5. The van der Waals surface area contributed by atoms with Crippen LogP contribution in [0.3, 0.4) is 0 Å². The smallest absolute Gasteiger partial charge is 0.387 e. The third kappa shape index (κ3) is 58.2. The van der Waals surface area contributed by atoms with Gasteiger partial charge in [0.2, 0.25) is 5.91 Å². The summed E-state index contributed by atoms with van der Waals surface area (Å²) in [6.45, 7) is 4.78. The molecule has 0 rings (SSSR count). The van der Waals surface area contributed by atoms with E-state index in [1.165, 1.54) is 257 Å². The molecule has 9 heteroatoms. The molecule has 0 fully saturated rings. The van der Waals surface area contributed by atoms with Gasteiger partial charge in [-0.15, -0.1) is 0 Å². The molecule has 0 aliphatic heterocycles. The van der Waals surface area contributed by atoms with Crippen molar-refractivity contribution >= 4 is 13.7 Å². The van der Waals surface area contributed by atoms with E-state index < -0.39 is 20.0 Å². The molecular formula is C64H126N2O6P+. The Morgan fingerprint density at radius 2 is 0.753 bits per heavy atom. The Bertz CT molecular complexity index is 1280. The molecule has 73 heavy (non-hydrogen) atoms. The predicted octanol–water partition coefficient (Wildman–Crippen LogP) is 19.7. The van der Waals surface area contributed by atoms with E-state index in [0.717, 1.165) is 38.5 Å². The Balaban J connectivity index is 3.76. The van der Waals surface area contributed by atoms with Gasteiger partial charge in [-0.25, -0.2) is 4.57 Å². The third-order valence-corrected chi connectivity index (χ3v) is 15.6. The zero-order valence-electron chi connectivity index (χ0n) is 49.4. The van der Waals surface area contributed by atoms with Gasteiger partial charge in [0, 0.05) is 6.42 Å². The van der Waals surface area contributed by atoms with Gasteiger partial charge < -0.3 is 19.8 Å². The summed E-state index contributed by atoms with van der Waals surface area (Å²) in [5.41, 5.74) is 0. The minimum Gasteiger partial charge on any atom is -0.387 e. The number of rotatable bonds is 59. The number of nitrogens with one attached hydrogen (secondary N) is 1. The number of unbranched alkanes of at least 4 members (excludes halogenated alkanes) is 42. The van der Waals surface area contributed by atoms with Crippen molar-refractivity contribution in [3.8, 4) is 0 Å². The van der Waals surface area contributed by atoms with Gasteiger partial charge in [0.15, 0.2) is 0 Å². The molecule has 0 heterocycles. The molecule has 3 N–H and O–H groups in total. The van der Waals surface area contributed by atoms with Gasteiger partial charge in [0.25, 0.3) is 0 Å². The van der Waals surface area contributed by atoms with E-state index in [9.17, 15) is 19.4 Å². The molecule has 1 amide bonds. The number of phosphoric ester groups is 1. The van der Waals surface area contributed by atoms with Crippen molar-refractivity contribution in [2.75, 3.05) is 40.9 Å². The van der Waals surface area contributed by atoms with Crippen LogP contribution < -0.4 is 5.32 Å². The number of phosphoric acid groups is 1. The Morgan fingerprint density at radius 1 is 0.452 bits per heavy atom. The van der Waals surface area contributed by atoms with Crippen LogP contribution in [0, 0.1) is 0 Å². The van der Waals surface area contributed by atoms with Crippen molar-refractivity contribution in [1.29, 1.82) is 0 Å². The summed E-state index contributed by atoms with van der Waals surface area (Å²) in [4.78, 5) is 23.2. The summed E-state index contributed by atoms with van der Waals surface area (Å²) in [7, 11) is 1.56. The number of aliphatic hydroxyl groups excluding tert-OH is 1. The number of hydrogen-bond donors (Lipinski definition) is 3. The molecule has 0 saturated heterocycles. The second kappa shape index (κ2) is 55.5. The first-order valence-corrected chi connectivity index (χ1v) is 33.4. The maximum Gasteiger partial charge on any atom is 0.472 e. The molecule has 0 spiro atoms. The lowest BCUT2D eigenvalue weighted by molar-refractivity contribution is -0.870. The number of amides is 1. The molecule has 0 aromatic rings. The molecule has 8 nitrogen and oxygen atoms in total. The predicted molar refractivity (Wildman–Crippen MR) is 318 cm³/mol. The van der Waals surface area contributed by atoms with Crippen LogP contribution in [-0.2, 0) is 18.4 Å². The van der Waals surface area contributed by atoms with Crippen LogP contribution in [0.5, 0.6) is 0 Å². The summed E-state index contributed by atoms with van der Waals surface area (Å²) in [6.07, 6.45) is 73.2. The summed E-state index contributed by atoms with van der Waals surface area (Å²) in [5.74, 6) is -0.184. The number of carbonyl (C=O) groups excluding carboxylic acids is 1. The lowest BCUT2D eigenvalue weighted by Gasteiger charge is -2.25. The van der Waals surface area contributed by atoms with Gasteiger partial charge in [0.1, 0.15) is 13.2 Å². The Labute approximate surface area is 455 Å². The topological polar surface area (TPSA) is 105 Å². The van der Waals surface area contributed by atoms with E-state index >= 15 is 0 Å². The largest absolute Gasteiger partial charge is 0.472 e. The number of aliphatic hydroxyl groups is 1. The number of allylic oxidation sites excluding steroid dienone is 5. The van der Waals surface area contributed by atoms with Crippen molar-refractivity contribution < 1.29 is 32.9 Å². The molecule has 0 aromatic heterocycles. The molecule has 0 saturated carbocycles. The molecule has 3 unspecified atom stereocenters. The van der Waals surface area contributed by atoms with E-state index in [2.05, 4.69) is 43.5 Å². The average Bonchev–Trinajstić information content (AvgIpc) is 3.35. The number of quaternary nitrogens is 1. The molecule has 0 aliphatic rings. The lowest BCUT2D eigenvalue weighted by Crippen LogP contribution is -2.45. The SMILES string of the molecule is CCCCCC/C=C/CC/C=C/C(O)C(COP(=O)(O)OCC[N+](C)(C)C)NC(=O)CCCCCCCCCCCCCCCCCCCCCCCCCCCCCCC/C=C\CCCCCCCCCC. The third-order valence-electron chi connectivity index (χ3n) is 14.6. The first kappa shape index (κ1) is 71.7. The lowest BCUT2D eigenvalue weighted by atomic mass is 10.0. The van der Waals surface area contributed by atoms with Crippen LogP contribution in [0.2, 0.25) is 0 Å². The normalized spacial score (nSPS) is 14.0. The maximum absolute atomic E-state index is 12.9. The van der Waals surface area contributed by atoms with Crippen LogP contribution >= 0.6 is 7.82 Å². The highest BCUT2D eigenvalue weighted by atomic mass is 31.2. The summed E-state index contributed by atoms with van der Waals surface area (Å²) in [5, 5.41) is 13.8. The van der Waals surface area contributed by atoms with Crippen molar-refractivity contribution in [3.63, 3.8) is 0 Å². The van der Waals surface area contributed by atoms with Crippen molar-refractivity contribution in [1.82, 2.24) is 5.32 Å². The minimum absolute atomic E-state index is 0.0576.